The lowest BCUT2D eigenvalue weighted by Crippen LogP contribution is -2.37. The van der Waals surface area contributed by atoms with E-state index in [-0.39, 0.29) is 5.91 Å². The Labute approximate surface area is 119 Å². The summed E-state index contributed by atoms with van der Waals surface area (Å²) in [5, 5.41) is 4.16. The van der Waals surface area contributed by atoms with E-state index in [0.717, 1.165) is 19.5 Å². The normalized spacial score (nSPS) is 23.6. The summed E-state index contributed by atoms with van der Waals surface area (Å²) in [5.74, 6) is 0.0311. The first-order chi connectivity index (χ1) is 9.70. The molecule has 2 fully saturated rings. The SMILES string of the molecule is CCn1ncc(N)c1C(=O)N1CCC(N2CCCC2)C1. The van der Waals surface area contributed by atoms with Gasteiger partial charge in [-0.3, -0.25) is 14.4 Å². The Kier molecular flexibility index (Phi) is 3.65. The smallest absolute Gasteiger partial charge is 0.274 e. The number of nitrogens with two attached hydrogens (primary N) is 1. The van der Waals surface area contributed by atoms with E-state index in [2.05, 4.69) is 10.00 Å². The lowest BCUT2D eigenvalue weighted by Gasteiger charge is -2.23. The molecule has 0 spiro atoms. The molecule has 0 saturated carbocycles. The first-order valence-corrected chi connectivity index (χ1v) is 7.55. The minimum absolute atomic E-state index is 0.0311. The monoisotopic (exact) mass is 277 g/mol. The predicted molar refractivity (Wildman–Crippen MR) is 77.4 cm³/mol. The number of rotatable bonds is 3. The van der Waals surface area contributed by atoms with Gasteiger partial charge in [-0.05, 0) is 39.3 Å². The van der Waals surface area contributed by atoms with E-state index in [0.29, 0.717) is 24.0 Å². The Morgan fingerprint density at radius 1 is 1.40 bits per heavy atom. The zero-order valence-corrected chi connectivity index (χ0v) is 12.1. The number of nitrogen functional groups attached to an aromatic ring is 1. The van der Waals surface area contributed by atoms with E-state index in [1.165, 1.54) is 25.9 Å². The van der Waals surface area contributed by atoms with Gasteiger partial charge in [0.1, 0.15) is 5.69 Å². The highest BCUT2D eigenvalue weighted by Crippen LogP contribution is 2.23. The molecule has 2 aliphatic rings. The lowest BCUT2D eigenvalue weighted by atomic mass is 10.2. The molecule has 2 N–H and O–H groups in total. The van der Waals surface area contributed by atoms with Gasteiger partial charge in [0.05, 0.1) is 11.9 Å². The fourth-order valence-electron chi connectivity index (χ4n) is 3.35. The molecule has 2 aliphatic heterocycles. The molecular formula is C14H23N5O. The fraction of sp³-hybridized carbons (Fsp3) is 0.714. The second kappa shape index (κ2) is 5.44. The Bertz CT molecular complexity index is 492. The summed E-state index contributed by atoms with van der Waals surface area (Å²) < 4.78 is 1.70. The predicted octanol–water partition coefficient (Wildman–Crippen LogP) is 0.795. The molecule has 1 aromatic heterocycles. The number of hydrogen-bond donors (Lipinski definition) is 1. The zero-order chi connectivity index (χ0) is 14.1. The first kappa shape index (κ1) is 13.4. The summed E-state index contributed by atoms with van der Waals surface area (Å²) in [6.45, 7) is 6.66. The third-order valence-electron chi connectivity index (χ3n) is 4.48. The molecule has 0 aromatic carbocycles. The van der Waals surface area contributed by atoms with Crippen molar-refractivity contribution in [2.45, 2.75) is 38.8 Å². The minimum Gasteiger partial charge on any atom is -0.396 e. The van der Waals surface area contributed by atoms with Crippen LogP contribution in [0.1, 0.15) is 36.7 Å². The van der Waals surface area contributed by atoms with Crippen molar-refractivity contribution >= 4 is 11.6 Å². The van der Waals surface area contributed by atoms with Crippen molar-refractivity contribution in [3.63, 3.8) is 0 Å². The number of amides is 1. The maximum Gasteiger partial charge on any atom is 0.274 e. The number of aromatic nitrogens is 2. The molecule has 2 saturated heterocycles. The number of carbonyl (C=O) groups is 1. The maximum atomic E-state index is 12.6. The van der Waals surface area contributed by atoms with Gasteiger partial charge >= 0.3 is 0 Å². The Morgan fingerprint density at radius 3 is 2.85 bits per heavy atom. The molecule has 20 heavy (non-hydrogen) atoms. The van der Waals surface area contributed by atoms with E-state index < -0.39 is 0 Å². The highest BCUT2D eigenvalue weighted by atomic mass is 16.2. The molecule has 6 nitrogen and oxygen atoms in total. The summed E-state index contributed by atoms with van der Waals surface area (Å²) in [6.07, 6.45) is 5.23. The van der Waals surface area contributed by atoms with Crippen LogP contribution < -0.4 is 5.73 Å². The van der Waals surface area contributed by atoms with Crippen LogP contribution in [-0.4, -0.2) is 57.7 Å². The molecule has 0 aliphatic carbocycles. The van der Waals surface area contributed by atoms with E-state index in [1.807, 2.05) is 11.8 Å². The van der Waals surface area contributed by atoms with Gasteiger partial charge < -0.3 is 10.6 Å². The van der Waals surface area contributed by atoms with Crippen molar-refractivity contribution < 1.29 is 4.79 Å². The van der Waals surface area contributed by atoms with Gasteiger partial charge in [0.25, 0.3) is 5.91 Å². The molecule has 3 rings (SSSR count). The zero-order valence-electron chi connectivity index (χ0n) is 12.1. The van der Waals surface area contributed by atoms with Gasteiger partial charge in [0, 0.05) is 25.7 Å². The van der Waals surface area contributed by atoms with Crippen molar-refractivity contribution in [1.29, 1.82) is 0 Å². The van der Waals surface area contributed by atoms with Crippen LogP contribution >= 0.6 is 0 Å². The molecule has 6 heteroatoms. The molecule has 110 valence electrons. The number of carbonyl (C=O) groups excluding carboxylic acids is 1. The quantitative estimate of drug-likeness (QED) is 0.887. The van der Waals surface area contributed by atoms with E-state index >= 15 is 0 Å². The number of likely N-dealkylation sites (tertiary alicyclic amines) is 2. The van der Waals surface area contributed by atoms with Gasteiger partial charge in [-0.15, -0.1) is 0 Å². The molecule has 1 atom stereocenters. The number of nitrogens with zero attached hydrogens (tertiary/aromatic N) is 4. The minimum atomic E-state index is 0.0311. The summed E-state index contributed by atoms with van der Waals surface area (Å²) >= 11 is 0. The molecule has 3 heterocycles. The summed E-state index contributed by atoms with van der Waals surface area (Å²) in [7, 11) is 0. The summed E-state index contributed by atoms with van der Waals surface area (Å²) in [5.41, 5.74) is 6.94. The highest BCUT2D eigenvalue weighted by Gasteiger charge is 2.33. The van der Waals surface area contributed by atoms with Crippen LogP contribution in [0, 0.1) is 0 Å². The first-order valence-electron chi connectivity index (χ1n) is 7.55. The van der Waals surface area contributed by atoms with Crippen molar-refractivity contribution in [1.82, 2.24) is 19.6 Å². The summed E-state index contributed by atoms with van der Waals surface area (Å²) in [6, 6.07) is 0.528. The Morgan fingerprint density at radius 2 is 2.15 bits per heavy atom. The Balaban J connectivity index is 1.70. The molecular weight excluding hydrogens is 254 g/mol. The molecule has 0 radical (unpaired) electrons. The van der Waals surface area contributed by atoms with Gasteiger partial charge in [-0.2, -0.15) is 5.10 Å². The van der Waals surface area contributed by atoms with Gasteiger partial charge in [0.2, 0.25) is 0 Å². The number of anilines is 1. The van der Waals surface area contributed by atoms with Gasteiger partial charge in [0.15, 0.2) is 0 Å². The standard InChI is InChI=1S/C14H23N5O/c1-2-19-13(12(15)9-16-19)14(20)18-8-5-11(10-18)17-6-3-4-7-17/h9,11H,2-8,10,15H2,1H3. The van der Waals surface area contributed by atoms with E-state index in [1.54, 1.807) is 10.9 Å². The van der Waals surface area contributed by atoms with Gasteiger partial charge in [-0.25, -0.2) is 0 Å². The Hall–Kier alpha value is -1.56. The van der Waals surface area contributed by atoms with Crippen LogP contribution in [0.4, 0.5) is 5.69 Å². The lowest BCUT2D eigenvalue weighted by molar-refractivity contribution is 0.0769. The topological polar surface area (TPSA) is 67.4 Å². The maximum absolute atomic E-state index is 12.6. The van der Waals surface area contributed by atoms with Crippen LogP contribution in [0.25, 0.3) is 0 Å². The average Bonchev–Trinajstić information content (AvgIpc) is 3.17. The average molecular weight is 277 g/mol. The largest absolute Gasteiger partial charge is 0.396 e. The van der Waals surface area contributed by atoms with Crippen molar-refractivity contribution in [3.8, 4) is 0 Å². The molecule has 1 aromatic rings. The molecule has 0 bridgehead atoms. The highest BCUT2D eigenvalue weighted by molar-refractivity contribution is 5.97. The van der Waals surface area contributed by atoms with Crippen LogP contribution in [0.2, 0.25) is 0 Å². The number of hydrogen-bond acceptors (Lipinski definition) is 4. The second-order valence-corrected chi connectivity index (χ2v) is 5.70. The second-order valence-electron chi connectivity index (χ2n) is 5.70. The van der Waals surface area contributed by atoms with Crippen molar-refractivity contribution in [3.05, 3.63) is 11.9 Å². The van der Waals surface area contributed by atoms with Crippen LogP contribution in [0.5, 0.6) is 0 Å². The third kappa shape index (κ3) is 2.28. The number of aryl methyl sites for hydroxylation is 1. The summed E-state index contributed by atoms with van der Waals surface area (Å²) in [4.78, 5) is 17.1. The fourth-order valence-corrected chi connectivity index (χ4v) is 3.35. The van der Waals surface area contributed by atoms with E-state index in [4.69, 9.17) is 5.73 Å². The van der Waals surface area contributed by atoms with Crippen LogP contribution in [-0.2, 0) is 6.54 Å². The van der Waals surface area contributed by atoms with Gasteiger partial charge in [-0.1, -0.05) is 0 Å². The van der Waals surface area contributed by atoms with Crippen molar-refractivity contribution in [2.75, 3.05) is 31.9 Å². The third-order valence-corrected chi connectivity index (χ3v) is 4.48. The van der Waals surface area contributed by atoms with Crippen molar-refractivity contribution in [2.24, 2.45) is 0 Å². The van der Waals surface area contributed by atoms with Crippen LogP contribution in [0.3, 0.4) is 0 Å². The van der Waals surface area contributed by atoms with E-state index in [9.17, 15) is 4.79 Å². The molecule has 1 amide bonds. The van der Waals surface area contributed by atoms with Crippen LogP contribution in [0.15, 0.2) is 6.20 Å². The molecule has 1 unspecified atom stereocenters.